The van der Waals surface area contributed by atoms with Gasteiger partial charge in [-0.2, -0.15) is 0 Å². The number of halogens is 1. The third-order valence-electron chi connectivity index (χ3n) is 3.17. The molecule has 118 valence electrons. The van der Waals surface area contributed by atoms with Crippen LogP contribution in [0.2, 0.25) is 5.02 Å². The van der Waals surface area contributed by atoms with E-state index in [1.807, 2.05) is 13.8 Å². The summed E-state index contributed by atoms with van der Waals surface area (Å²) in [6.07, 6.45) is -0.897. The van der Waals surface area contributed by atoms with Crippen molar-refractivity contribution >= 4 is 34.4 Å². The number of furan rings is 1. The molecule has 1 atom stereocenters. The van der Waals surface area contributed by atoms with Crippen molar-refractivity contribution in [2.75, 3.05) is 0 Å². The number of fused-ring (bicyclic) bond motifs is 1. The fourth-order valence-corrected chi connectivity index (χ4v) is 2.23. The third kappa shape index (κ3) is 3.42. The van der Waals surface area contributed by atoms with Crippen LogP contribution in [0, 0.1) is 6.92 Å². The van der Waals surface area contributed by atoms with Crippen LogP contribution < -0.4 is 5.32 Å². The van der Waals surface area contributed by atoms with Gasteiger partial charge in [0.25, 0.3) is 5.91 Å². The lowest BCUT2D eigenvalue weighted by Crippen LogP contribution is -2.39. The zero-order valence-corrected chi connectivity index (χ0v) is 13.7. The molecule has 0 radical (unpaired) electrons. The molecule has 1 aromatic carbocycles. The lowest BCUT2D eigenvalue weighted by molar-refractivity contribution is -0.129. The van der Waals surface area contributed by atoms with Gasteiger partial charge in [-0.05, 0) is 45.9 Å². The second-order valence-corrected chi connectivity index (χ2v) is 5.84. The van der Waals surface area contributed by atoms with Gasteiger partial charge in [-0.1, -0.05) is 11.6 Å². The standard InChI is InChI=1S/C16H18ClNO4/c1-8(2)18-15(19)10(4)21-16(20)14-9(3)12-7-11(17)5-6-13(12)22-14/h5-8,10H,1-4H3,(H,18,19). The molecule has 5 nitrogen and oxygen atoms in total. The Hall–Kier alpha value is -2.01. The van der Waals surface area contributed by atoms with E-state index in [2.05, 4.69) is 5.32 Å². The van der Waals surface area contributed by atoms with Gasteiger partial charge in [-0.15, -0.1) is 0 Å². The smallest absolute Gasteiger partial charge is 0.375 e. The maximum Gasteiger partial charge on any atom is 0.375 e. The van der Waals surface area contributed by atoms with Crippen molar-refractivity contribution in [3.63, 3.8) is 0 Å². The molecule has 1 heterocycles. The number of benzene rings is 1. The van der Waals surface area contributed by atoms with E-state index in [4.69, 9.17) is 20.8 Å². The normalized spacial score (nSPS) is 12.5. The fourth-order valence-electron chi connectivity index (χ4n) is 2.06. The van der Waals surface area contributed by atoms with Crippen molar-refractivity contribution in [2.45, 2.75) is 39.8 Å². The van der Waals surface area contributed by atoms with Crippen LogP contribution in [0.5, 0.6) is 0 Å². The number of ether oxygens (including phenoxy) is 1. The van der Waals surface area contributed by atoms with E-state index in [-0.39, 0.29) is 17.7 Å². The van der Waals surface area contributed by atoms with Gasteiger partial charge in [0.1, 0.15) is 5.58 Å². The van der Waals surface area contributed by atoms with E-state index < -0.39 is 12.1 Å². The first-order chi connectivity index (χ1) is 10.3. The summed E-state index contributed by atoms with van der Waals surface area (Å²) in [7, 11) is 0. The summed E-state index contributed by atoms with van der Waals surface area (Å²) in [6.45, 7) is 6.93. The highest BCUT2D eigenvalue weighted by atomic mass is 35.5. The van der Waals surface area contributed by atoms with Crippen LogP contribution in [0.15, 0.2) is 22.6 Å². The summed E-state index contributed by atoms with van der Waals surface area (Å²) in [5, 5.41) is 3.99. The Kier molecular flexibility index (Phi) is 4.76. The summed E-state index contributed by atoms with van der Waals surface area (Å²) in [5.74, 6) is -0.933. The predicted octanol–water partition coefficient (Wildman–Crippen LogP) is 3.46. The molecule has 0 aliphatic rings. The molecule has 0 aliphatic carbocycles. The Bertz CT molecular complexity index is 720. The van der Waals surface area contributed by atoms with Gasteiger partial charge in [0.15, 0.2) is 6.10 Å². The molecule has 1 amide bonds. The minimum Gasteiger partial charge on any atom is -0.449 e. The van der Waals surface area contributed by atoms with Gasteiger partial charge in [0.05, 0.1) is 0 Å². The van der Waals surface area contributed by atoms with Gasteiger partial charge in [-0.3, -0.25) is 4.79 Å². The van der Waals surface area contributed by atoms with Crippen LogP contribution in [-0.4, -0.2) is 24.0 Å². The number of hydrogen-bond acceptors (Lipinski definition) is 4. The second-order valence-electron chi connectivity index (χ2n) is 5.41. The molecule has 2 aromatic rings. The van der Waals surface area contributed by atoms with E-state index in [9.17, 15) is 9.59 Å². The first-order valence-electron chi connectivity index (χ1n) is 6.99. The summed E-state index contributed by atoms with van der Waals surface area (Å²) < 4.78 is 10.7. The number of carbonyl (C=O) groups excluding carboxylic acids is 2. The van der Waals surface area contributed by atoms with Crippen molar-refractivity contribution < 1.29 is 18.7 Å². The van der Waals surface area contributed by atoms with Crippen molar-refractivity contribution in [2.24, 2.45) is 0 Å². The summed E-state index contributed by atoms with van der Waals surface area (Å²) >= 11 is 5.94. The molecule has 0 fully saturated rings. The number of aryl methyl sites for hydroxylation is 1. The molecule has 22 heavy (non-hydrogen) atoms. The average Bonchev–Trinajstić information content (AvgIpc) is 2.75. The maximum absolute atomic E-state index is 12.2. The summed E-state index contributed by atoms with van der Waals surface area (Å²) in [4.78, 5) is 24.0. The number of hydrogen-bond donors (Lipinski definition) is 1. The lowest BCUT2D eigenvalue weighted by Gasteiger charge is -2.14. The summed E-state index contributed by atoms with van der Waals surface area (Å²) in [5.41, 5.74) is 1.19. The van der Waals surface area contributed by atoms with E-state index in [1.165, 1.54) is 6.92 Å². The van der Waals surface area contributed by atoms with Crippen LogP contribution in [-0.2, 0) is 9.53 Å². The topological polar surface area (TPSA) is 68.5 Å². The quantitative estimate of drug-likeness (QED) is 0.875. The highest BCUT2D eigenvalue weighted by molar-refractivity contribution is 6.31. The second kappa shape index (κ2) is 6.40. The fraction of sp³-hybridized carbons (Fsp3) is 0.375. The zero-order chi connectivity index (χ0) is 16.4. The SMILES string of the molecule is Cc1c(C(=O)OC(C)C(=O)NC(C)C)oc2ccc(Cl)cc12. The Balaban J connectivity index is 2.19. The van der Waals surface area contributed by atoms with Crippen LogP contribution in [0.1, 0.15) is 36.9 Å². The van der Waals surface area contributed by atoms with Gasteiger partial charge in [0, 0.05) is 22.0 Å². The van der Waals surface area contributed by atoms with Crippen LogP contribution >= 0.6 is 11.6 Å². The molecule has 2 rings (SSSR count). The molecular formula is C16H18ClNO4. The Morgan fingerprint density at radius 1 is 1.27 bits per heavy atom. The van der Waals surface area contributed by atoms with E-state index in [0.29, 0.717) is 16.2 Å². The average molecular weight is 324 g/mol. The summed E-state index contributed by atoms with van der Waals surface area (Å²) in [6, 6.07) is 5.07. The minimum atomic E-state index is -0.897. The number of nitrogens with one attached hydrogen (secondary N) is 1. The Morgan fingerprint density at radius 2 is 1.95 bits per heavy atom. The lowest BCUT2D eigenvalue weighted by atomic mass is 10.1. The Morgan fingerprint density at radius 3 is 2.59 bits per heavy atom. The van der Waals surface area contributed by atoms with Gasteiger partial charge >= 0.3 is 5.97 Å². The highest BCUT2D eigenvalue weighted by Crippen LogP contribution is 2.28. The molecular weight excluding hydrogens is 306 g/mol. The van der Waals surface area contributed by atoms with Crippen LogP contribution in [0.25, 0.3) is 11.0 Å². The van der Waals surface area contributed by atoms with Crippen molar-refractivity contribution in [1.29, 1.82) is 0 Å². The molecule has 1 N–H and O–H groups in total. The molecule has 6 heteroatoms. The van der Waals surface area contributed by atoms with Gasteiger partial charge < -0.3 is 14.5 Å². The monoisotopic (exact) mass is 323 g/mol. The van der Waals surface area contributed by atoms with E-state index in [1.54, 1.807) is 25.1 Å². The van der Waals surface area contributed by atoms with Crippen molar-refractivity contribution in [3.05, 3.63) is 34.5 Å². The number of esters is 1. The van der Waals surface area contributed by atoms with E-state index >= 15 is 0 Å². The molecule has 1 aromatic heterocycles. The first-order valence-corrected chi connectivity index (χ1v) is 7.37. The number of carbonyl (C=O) groups is 2. The number of amides is 1. The maximum atomic E-state index is 12.2. The largest absolute Gasteiger partial charge is 0.449 e. The molecule has 0 bridgehead atoms. The van der Waals surface area contributed by atoms with Crippen LogP contribution in [0.3, 0.4) is 0 Å². The molecule has 0 saturated heterocycles. The minimum absolute atomic E-state index is 0.0243. The number of rotatable bonds is 4. The molecule has 1 unspecified atom stereocenters. The Labute approximate surface area is 133 Å². The third-order valence-corrected chi connectivity index (χ3v) is 3.40. The zero-order valence-electron chi connectivity index (χ0n) is 12.9. The predicted molar refractivity (Wildman–Crippen MR) is 84.1 cm³/mol. The molecule has 0 aliphatic heterocycles. The molecule has 0 spiro atoms. The van der Waals surface area contributed by atoms with E-state index in [0.717, 1.165) is 5.39 Å². The van der Waals surface area contributed by atoms with Gasteiger partial charge in [-0.25, -0.2) is 4.79 Å². The molecule has 0 saturated carbocycles. The van der Waals surface area contributed by atoms with Crippen molar-refractivity contribution in [3.8, 4) is 0 Å². The van der Waals surface area contributed by atoms with Crippen LogP contribution in [0.4, 0.5) is 0 Å². The van der Waals surface area contributed by atoms with Crippen molar-refractivity contribution in [1.82, 2.24) is 5.32 Å². The highest BCUT2D eigenvalue weighted by Gasteiger charge is 2.24. The van der Waals surface area contributed by atoms with Gasteiger partial charge in [0.2, 0.25) is 5.76 Å². The first kappa shape index (κ1) is 16.4.